The van der Waals surface area contributed by atoms with Crippen molar-refractivity contribution in [3.63, 3.8) is 0 Å². The van der Waals surface area contributed by atoms with Crippen molar-refractivity contribution in [1.82, 2.24) is 5.32 Å². The van der Waals surface area contributed by atoms with Crippen molar-refractivity contribution >= 4 is 31.9 Å². The third kappa shape index (κ3) is 3.47. The van der Waals surface area contributed by atoms with Crippen LogP contribution in [0.3, 0.4) is 0 Å². The van der Waals surface area contributed by atoms with Crippen molar-refractivity contribution in [3.8, 4) is 0 Å². The number of carbonyl (C=O) groups excluding carboxylic acids is 1. The number of halogens is 1. The molecule has 0 aliphatic heterocycles. The Balaban J connectivity index is 2.21. The summed E-state index contributed by atoms with van der Waals surface area (Å²) in [4.78, 5) is 11.9. The SMILES string of the molecule is NS(=O)(=O)c1ccc(Br)c(C(=O)NCc2ccco2)c1. The Bertz CT molecular complexity index is 726. The first-order valence-corrected chi connectivity index (χ1v) is 7.85. The molecule has 1 amide bonds. The third-order valence-corrected chi connectivity index (χ3v) is 4.12. The van der Waals surface area contributed by atoms with E-state index in [1.807, 2.05) is 0 Å². The van der Waals surface area contributed by atoms with Crippen LogP contribution in [0, 0.1) is 0 Å². The Kier molecular flexibility index (Phi) is 4.26. The summed E-state index contributed by atoms with van der Waals surface area (Å²) in [6.07, 6.45) is 1.50. The summed E-state index contributed by atoms with van der Waals surface area (Å²) in [5, 5.41) is 7.66. The van der Waals surface area contributed by atoms with Gasteiger partial charge in [-0.05, 0) is 46.3 Å². The van der Waals surface area contributed by atoms with Gasteiger partial charge in [-0.15, -0.1) is 0 Å². The fraction of sp³-hybridized carbons (Fsp3) is 0.0833. The van der Waals surface area contributed by atoms with Crippen LogP contribution in [0.25, 0.3) is 0 Å². The average Bonchev–Trinajstić information content (AvgIpc) is 2.88. The van der Waals surface area contributed by atoms with Crippen molar-refractivity contribution in [3.05, 3.63) is 52.4 Å². The Morgan fingerprint density at radius 1 is 1.35 bits per heavy atom. The third-order valence-electron chi connectivity index (χ3n) is 2.51. The number of rotatable bonds is 4. The minimum absolute atomic E-state index is 0.121. The molecule has 0 saturated carbocycles. The van der Waals surface area contributed by atoms with E-state index in [0.29, 0.717) is 10.2 Å². The predicted molar refractivity (Wildman–Crippen MR) is 75.4 cm³/mol. The molecule has 1 heterocycles. The van der Waals surface area contributed by atoms with Gasteiger partial charge in [0.1, 0.15) is 5.76 Å². The summed E-state index contributed by atoms with van der Waals surface area (Å²) < 4.78 is 28.1. The minimum Gasteiger partial charge on any atom is -0.467 e. The van der Waals surface area contributed by atoms with E-state index >= 15 is 0 Å². The molecule has 2 aromatic rings. The largest absolute Gasteiger partial charge is 0.467 e. The van der Waals surface area contributed by atoms with Crippen LogP contribution in [0.5, 0.6) is 0 Å². The molecule has 106 valence electrons. The van der Waals surface area contributed by atoms with Crippen molar-refractivity contribution in [2.24, 2.45) is 5.14 Å². The monoisotopic (exact) mass is 358 g/mol. The highest BCUT2D eigenvalue weighted by Gasteiger charge is 2.15. The Morgan fingerprint density at radius 3 is 2.70 bits per heavy atom. The lowest BCUT2D eigenvalue weighted by molar-refractivity contribution is 0.0947. The van der Waals surface area contributed by atoms with Crippen LogP contribution in [-0.4, -0.2) is 14.3 Å². The average molecular weight is 359 g/mol. The van der Waals surface area contributed by atoms with Crippen LogP contribution < -0.4 is 10.5 Å². The fourth-order valence-corrected chi connectivity index (χ4v) is 2.50. The summed E-state index contributed by atoms with van der Waals surface area (Å²) in [5.41, 5.74) is 0.183. The lowest BCUT2D eigenvalue weighted by Crippen LogP contribution is -2.23. The molecule has 6 nitrogen and oxygen atoms in total. The first-order valence-electron chi connectivity index (χ1n) is 5.51. The molecule has 8 heteroatoms. The maximum Gasteiger partial charge on any atom is 0.252 e. The number of primary sulfonamides is 1. The lowest BCUT2D eigenvalue weighted by Gasteiger charge is -2.07. The zero-order valence-corrected chi connectivity index (χ0v) is 12.6. The van der Waals surface area contributed by atoms with Gasteiger partial charge in [-0.1, -0.05) is 0 Å². The van der Waals surface area contributed by atoms with Gasteiger partial charge < -0.3 is 9.73 Å². The molecule has 1 aromatic heterocycles. The van der Waals surface area contributed by atoms with E-state index in [0.717, 1.165) is 0 Å². The Morgan fingerprint density at radius 2 is 2.10 bits per heavy atom. The van der Waals surface area contributed by atoms with Crippen LogP contribution in [0.15, 0.2) is 50.4 Å². The number of benzene rings is 1. The lowest BCUT2D eigenvalue weighted by atomic mass is 10.2. The zero-order valence-electron chi connectivity index (χ0n) is 10.2. The molecule has 0 saturated heterocycles. The number of nitrogens with one attached hydrogen (secondary N) is 1. The van der Waals surface area contributed by atoms with Crippen molar-refractivity contribution in [2.45, 2.75) is 11.4 Å². The highest BCUT2D eigenvalue weighted by molar-refractivity contribution is 9.10. The first kappa shape index (κ1) is 14.8. The second kappa shape index (κ2) is 5.78. The van der Waals surface area contributed by atoms with Crippen LogP contribution in [0.2, 0.25) is 0 Å². The summed E-state index contributed by atoms with van der Waals surface area (Å²) in [6, 6.07) is 7.43. The summed E-state index contributed by atoms with van der Waals surface area (Å²) in [5.74, 6) is 0.163. The second-order valence-corrected chi connectivity index (χ2v) is 6.36. The topological polar surface area (TPSA) is 102 Å². The van der Waals surface area contributed by atoms with E-state index in [4.69, 9.17) is 9.56 Å². The molecule has 3 N–H and O–H groups in total. The van der Waals surface area contributed by atoms with Crippen LogP contribution >= 0.6 is 15.9 Å². The van der Waals surface area contributed by atoms with E-state index in [1.54, 1.807) is 12.1 Å². The highest BCUT2D eigenvalue weighted by Crippen LogP contribution is 2.20. The summed E-state index contributed by atoms with van der Waals surface area (Å²) in [7, 11) is -3.85. The standard InChI is InChI=1S/C12H11BrN2O4S/c13-11-4-3-9(20(14,17)18)6-10(11)12(16)15-7-8-2-1-5-19-8/h1-6H,7H2,(H,15,16)(H2,14,17,18). The predicted octanol–water partition coefficient (Wildman–Crippen LogP) is 1.62. The van der Waals surface area contributed by atoms with Gasteiger partial charge in [-0.3, -0.25) is 4.79 Å². The van der Waals surface area contributed by atoms with Gasteiger partial charge in [0.15, 0.2) is 0 Å². The number of carbonyl (C=O) groups is 1. The maximum atomic E-state index is 12.0. The van der Waals surface area contributed by atoms with Gasteiger partial charge in [-0.2, -0.15) is 0 Å². The smallest absolute Gasteiger partial charge is 0.252 e. The molecule has 0 unspecified atom stereocenters. The van der Waals surface area contributed by atoms with E-state index in [-0.39, 0.29) is 17.0 Å². The molecule has 0 fully saturated rings. The fourth-order valence-electron chi connectivity index (χ4n) is 1.53. The van der Waals surface area contributed by atoms with Crippen molar-refractivity contribution < 1.29 is 17.6 Å². The van der Waals surface area contributed by atoms with Crippen molar-refractivity contribution in [2.75, 3.05) is 0 Å². The highest BCUT2D eigenvalue weighted by atomic mass is 79.9. The maximum absolute atomic E-state index is 12.0. The molecule has 0 radical (unpaired) electrons. The summed E-state index contributed by atoms with van der Waals surface area (Å²) in [6.45, 7) is 0.206. The van der Waals surface area contributed by atoms with E-state index in [9.17, 15) is 13.2 Å². The van der Waals surface area contributed by atoms with E-state index in [1.165, 1.54) is 24.5 Å². The molecule has 0 atom stereocenters. The molecule has 0 aliphatic carbocycles. The van der Waals surface area contributed by atoms with Gasteiger partial charge in [0, 0.05) is 4.47 Å². The number of nitrogens with two attached hydrogens (primary N) is 1. The number of sulfonamides is 1. The second-order valence-electron chi connectivity index (χ2n) is 3.95. The van der Waals surface area contributed by atoms with Gasteiger partial charge in [0.25, 0.3) is 5.91 Å². The van der Waals surface area contributed by atoms with Gasteiger partial charge in [0.2, 0.25) is 10.0 Å². The Labute approximate surface area is 124 Å². The molecule has 0 spiro atoms. The van der Waals surface area contributed by atoms with Crippen LogP contribution in [0.1, 0.15) is 16.1 Å². The zero-order chi connectivity index (χ0) is 14.8. The van der Waals surface area contributed by atoms with Gasteiger partial charge >= 0.3 is 0 Å². The van der Waals surface area contributed by atoms with E-state index < -0.39 is 15.9 Å². The quantitative estimate of drug-likeness (QED) is 0.866. The number of amides is 1. The molecule has 0 bridgehead atoms. The normalized spacial score (nSPS) is 11.3. The molecule has 20 heavy (non-hydrogen) atoms. The molecular weight excluding hydrogens is 348 g/mol. The van der Waals surface area contributed by atoms with Crippen LogP contribution in [-0.2, 0) is 16.6 Å². The first-order chi connectivity index (χ1) is 9.38. The molecular formula is C12H11BrN2O4S. The van der Waals surface area contributed by atoms with E-state index in [2.05, 4.69) is 21.2 Å². The minimum atomic E-state index is -3.85. The Hall–Kier alpha value is -1.64. The molecule has 0 aliphatic rings. The number of hydrogen-bond acceptors (Lipinski definition) is 4. The van der Waals surface area contributed by atoms with Crippen molar-refractivity contribution in [1.29, 1.82) is 0 Å². The summed E-state index contributed by atoms with van der Waals surface area (Å²) >= 11 is 3.20. The number of hydrogen-bond donors (Lipinski definition) is 2. The number of furan rings is 1. The van der Waals surface area contributed by atoms with Gasteiger partial charge in [0.05, 0.1) is 23.3 Å². The van der Waals surface area contributed by atoms with Gasteiger partial charge in [-0.25, -0.2) is 13.6 Å². The van der Waals surface area contributed by atoms with Crippen LogP contribution in [0.4, 0.5) is 0 Å². The molecule has 2 rings (SSSR count). The molecule has 1 aromatic carbocycles.